The van der Waals surface area contributed by atoms with Crippen molar-refractivity contribution in [2.45, 2.75) is 39.0 Å². The Morgan fingerprint density at radius 1 is 0.839 bits per heavy atom. The average Bonchev–Trinajstić information content (AvgIpc) is 2.78. The standard InChI is InChI=1S/C24H30N4O3/c1-2-8-22(29)26-21-12-7-10-19(16-21)25-17-23(30)27-20-11-6-9-18(15-20)24(31)28-13-4-3-5-14-28/h6-7,9-12,15-16,25H,2-5,8,13-14,17H2,1H3,(H,26,29)(H,27,30). The molecule has 31 heavy (non-hydrogen) atoms. The summed E-state index contributed by atoms with van der Waals surface area (Å²) in [6, 6.07) is 14.3. The maximum Gasteiger partial charge on any atom is 0.253 e. The van der Waals surface area contributed by atoms with E-state index in [1.54, 1.807) is 30.3 Å². The van der Waals surface area contributed by atoms with Crippen LogP contribution in [0.4, 0.5) is 17.1 Å². The van der Waals surface area contributed by atoms with E-state index in [-0.39, 0.29) is 24.3 Å². The van der Waals surface area contributed by atoms with Crippen LogP contribution in [0.3, 0.4) is 0 Å². The van der Waals surface area contributed by atoms with Gasteiger partial charge in [0.15, 0.2) is 0 Å². The Balaban J connectivity index is 1.53. The maximum atomic E-state index is 12.7. The molecule has 2 aromatic rings. The summed E-state index contributed by atoms with van der Waals surface area (Å²) in [5.41, 5.74) is 2.60. The third-order valence-electron chi connectivity index (χ3n) is 5.11. The Labute approximate surface area is 183 Å². The van der Waals surface area contributed by atoms with Crippen molar-refractivity contribution in [1.82, 2.24) is 4.90 Å². The lowest BCUT2D eigenvalue weighted by Gasteiger charge is -2.26. The molecule has 0 unspecified atom stereocenters. The molecule has 0 bridgehead atoms. The summed E-state index contributed by atoms with van der Waals surface area (Å²) in [5, 5.41) is 8.73. The van der Waals surface area contributed by atoms with Gasteiger partial charge >= 0.3 is 0 Å². The molecule has 1 fully saturated rings. The molecule has 3 rings (SSSR count). The van der Waals surface area contributed by atoms with Crippen molar-refractivity contribution in [3.63, 3.8) is 0 Å². The zero-order chi connectivity index (χ0) is 22.1. The molecule has 7 nitrogen and oxygen atoms in total. The monoisotopic (exact) mass is 422 g/mol. The highest BCUT2D eigenvalue weighted by Gasteiger charge is 2.18. The van der Waals surface area contributed by atoms with E-state index in [2.05, 4.69) is 16.0 Å². The predicted octanol–water partition coefficient (Wildman–Crippen LogP) is 4.10. The largest absolute Gasteiger partial charge is 0.376 e. The van der Waals surface area contributed by atoms with Gasteiger partial charge in [-0.15, -0.1) is 0 Å². The second-order valence-electron chi connectivity index (χ2n) is 7.71. The van der Waals surface area contributed by atoms with Crippen LogP contribution in [0.15, 0.2) is 48.5 Å². The lowest BCUT2D eigenvalue weighted by molar-refractivity contribution is -0.116. The molecule has 0 aromatic heterocycles. The summed E-state index contributed by atoms with van der Waals surface area (Å²) >= 11 is 0. The smallest absolute Gasteiger partial charge is 0.253 e. The van der Waals surface area contributed by atoms with Crippen LogP contribution in [-0.2, 0) is 9.59 Å². The van der Waals surface area contributed by atoms with Gasteiger partial charge in [0, 0.05) is 42.1 Å². The fourth-order valence-corrected chi connectivity index (χ4v) is 3.55. The van der Waals surface area contributed by atoms with Gasteiger partial charge in [0.1, 0.15) is 0 Å². The second kappa shape index (κ2) is 11.2. The molecule has 2 aromatic carbocycles. The van der Waals surface area contributed by atoms with Gasteiger partial charge in [-0.25, -0.2) is 0 Å². The topological polar surface area (TPSA) is 90.5 Å². The maximum absolute atomic E-state index is 12.7. The normalized spacial score (nSPS) is 13.4. The number of anilines is 3. The van der Waals surface area contributed by atoms with Crippen molar-refractivity contribution < 1.29 is 14.4 Å². The van der Waals surface area contributed by atoms with Crippen LogP contribution in [0.5, 0.6) is 0 Å². The number of carbonyl (C=O) groups is 3. The summed E-state index contributed by atoms with van der Waals surface area (Å²) in [7, 11) is 0. The van der Waals surface area contributed by atoms with Gasteiger partial charge in [-0.3, -0.25) is 14.4 Å². The van der Waals surface area contributed by atoms with Crippen LogP contribution in [-0.4, -0.2) is 42.3 Å². The van der Waals surface area contributed by atoms with E-state index in [9.17, 15) is 14.4 Å². The van der Waals surface area contributed by atoms with Crippen molar-refractivity contribution in [3.8, 4) is 0 Å². The first kappa shape index (κ1) is 22.3. The van der Waals surface area contributed by atoms with Gasteiger partial charge in [0.05, 0.1) is 6.54 Å². The second-order valence-corrected chi connectivity index (χ2v) is 7.71. The highest BCUT2D eigenvalue weighted by atomic mass is 16.2. The highest BCUT2D eigenvalue weighted by Crippen LogP contribution is 2.17. The lowest BCUT2D eigenvalue weighted by atomic mass is 10.1. The highest BCUT2D eigenvalue weighted by molar-refractivity contribution is 5.98. The minimum atomic E-state index is -0.219. The van der Waals surface area contributed by atoms with Crippen molar-refractivity contribution in [3.05, 3.63) is 54.1 Å². The van der Waals surface area contributed by atoms with E-state index in [0.717, 1.165) is 38.0 Å². The molecule has 1 heterocycles. The van der Waals surface area contributed by atoms with Crippen LogP contribution >= 0.6 is 0 Å². The number of carbonyl (C=O) groups excluding carboxylic acids is 3. The first-order valence-electron chi connectivity index (χ1n) is 10.9. The SMILES string of the molecule is CCCC(=O)Nc1cccc(NCC(=O)Nc2cccc(C(=O)N3CCCCC3)c2)c1. The molecule has 0 spiro atoms. The van der Waals surface area contributed by atoms with E-state index >= 15 is 0 Å². The molecule has 7 heteroatoms. The molecule has 164 valence electrons. The van der Waals surface area contributed by atoms with Crippen molar-refractivity contribution in [2.75, 3.05) is 35.6 Å². The Morgan fingerprint density at radius 3 is 2.23 bits per heavy atom. The van der Waals surface area contributed by atoms with Gasteiger partial charge in [0.2, 0.25) is 11.8 Å². The quantitative estimate of drug-likeness (QED) is 0.597. The number of nitrogens with zero attached hydrogens (tertiary/aromatic N) is 1. The zero-order valence-corrected chi connectivity index (χ0v) is 17.9. The van der Waals surface area contributed by atoms with E-state index in [1.807, 2.05) is 30.0 Å². The Kier molecular flexibility index (Phi) is 8.04. The van der Waals surface area contributed by atoms with Crippen molar-refractivity contribution >= 4 is 34.8 Å². The van der Waals surface area contributed by atoms with E-state index in [4.69, 9.17) is 0 Å². The number of amides is 3. The minimum absolute atomic E-state index is 0.0101. The van der Waals surface area contributed by atoms with E-state index < -0.39 is 0 Å². The number of benzene rings is 2. The molecule has 0 saturated carbocycles. The van der Waals surface area contributed by atoms with Crippen molar-refractivity contribution in [2.24, 2.45) is 0 Å². The average molecular weight is 423 g/mol. The molecule has 1 aliphatic rings. The third-order valence-corrected chi connectivity index (χ3v) is 5.11. The summed E-state index contributed by atoms with van der Waals surface area (Å²) in [6.07, 6.45) is 4.50. The fourth-order valence-electron chi connectivity index (χ4n) is 3.55. The molecule has 3 N–H and O–H groups in total. The Hall–Kier alpha value is -3.35. The predicted molar refractivity (Wildman–Crippen MR) is 123 cm³/mol. The summed E-state index contributed by atoms with van der Waals surface area (Å²) in [4.78, 5) is 38.7. The number of rotatable bonds is 8. The molecule has 0 aliphatic carbocycles. The van der Waals surface area contributed by atoms with Crippen LogP contribution in [0.1, 0.15) is 49.4 Å². The third kappa shape index (κ3) is 6.84. The van der Waals surface area contributed by atoms with E-state index in [1.165, 1.54) is 6.42 Å². The number of likely N-dealkylation sites (tertiary alicyclic amines) is 1. The molecule has 1 saturated heterocycles. The first-order chi connectivity index (χ1) is 15.0. The number of hydrogen-bond donors (Lipinski definition) is 3. The molecule has 0 radical (unpaired) electrons. The van der Waals surface area contributed by atoms with E-state index in [0.29, 0.717) is 23.4 Å². The molecule has 3 amide bonds. The van der Waals surface area contributed by atoms with Crippen LogP contribution in [0, 0.1) is 0 Å². The van der Waals surface area contributed by atoms with Crippen LogP contribution in [0.2, 0.25) is 0 Å². The summed E-state index contributed by atoms with van der Waals surface area (Å²) in [5.74, 6) is -0.241. The molecule has 1 aliphatic heterocycles. The van der Waals surface area contributed by atoms with Crippen LogP contribution < -0.4 is 16.0 Å². The van der Waals surface area contributed by atoms with Gasteiger partial charge in [-0.2, -0.15) is 0 Å². The molecular formula is C24H30N4O3. The van der Waals surface area contributed by atoms with Gasteiger partial charge in [-0.1, -0.05) is 19.1 Å². The van der Waals surface area contributed by atoms with Crippen LogP contribution in [0.25, 0.3) is 0 Å². The molecular weight excluding hydrogens is 392 g/mol. The van der Waals surface area contributed by atoms with Crippen molar-refractivity contribution in [1.29, 1.82) is 0 Å². The van der Waals surface area contributed by atoms with Gasteiger partial charge in [0.25, 0.3) is 5.91 Å². The first-order valence-corrected chi connectivity index (χ1v) is 10.9. The Bertz CT molecular complexity index is 923. The minimum Gasteiger partial charge on any atom is -0.376 e. The Morgan fingerprint density at radius 2 is 1.48 bits per heavy atom. The number of nitrogens with one attached hydrogen (secondary N) is 3. The summed E-state index contributed by atoms with van der Waals surface area (Å²) in [6.45, 7) is 3.60. The molecule has 0 atom stereocenters. The fraction of sp³-hybridized carbons (Fsp3) is 0.375. The van der Waals surface area contributed by atoms with Gasteiger partial charge < -0.3 is 20.9 Å². The number of piperidine rings is 1. The lowest BCUT2D eigenvalue weighted by Crippen LogP contribution is -2.35. The van der Waals surface area contributed by atoms with Gasteiger partial charge in [-0.05, 0) is 62.1 Å². The zero-order valence-electron chi connectivity index (χ0n) is 17.9. The summed E-state index contributed by atoms with van der Waals surface area (Å²) < 4.78 is 0. The number of hydrogen-bond acceptors (Lipinski definition) is 4.